The molecule has 0 spiro atoms. The highest BCUT2D eigenvalue weighted by Crippen LogP contribution is 2.27. The first-order valence-electron chi connectivity index (χ1n) is 10.3. The fourth-order valence-electron chi connectivity index (χ4n) is 3.26. The van der Waals surface area contributed by atoms with Crippen LogP contribution < -0.4 is 25.0 Å². The van der Waals surface area contributed by atoms with Gasteiger partial charge in [0.15, 0.2) is 18.1 Å². The Morgan fingerprint density at radius 3 is 2.32 bits per heavy atom. The van der Waals surface area contributed by atoms with E-state index >= 15 is 0 Å². The highest BCUT2D eigenvalue weighted by atomic mass is 16.5. The van der Waals surface area contributed by atoms with Crippen molar-refractivity contribution in [1.29, 1.82) is 0 Å². The third kappa shape index (κ3) is 5.94. The quantitative estimate of drug-likeness (QED) is 0.525. The summed E-state index contributed by atoms with van der Waals surface area (Å²) in [6.45, 7) is -0.579. The van der Waals surface area contributed by atoms with Crippen LogP contribution in [0.2, 0.25) is 0 Å². The Balaban J connectivity index is 1.49. The number of hydrogen-bond acceptors (Lipinski definition) is 8. The largest absolute Gasteiger partial charge is 0.497 e. The zero-order chi connectivity index (χ0) is 24.7. The maximum Gasteiger partial charge on any atom is 0.311 e. The second-order valence-corrected chi connectivity index (χ2v) is 7.30. The summed E-state index contributed by atoms with van der Waals surface area (Å²) in [5, 5.41) is 3.65. The highest BCUT2D eigenvalue weighted by molar-refractivity contribution is 5.97. The minimum Gasteiger partial charge on any atom is -0.497 e. The normalized spacial score (nSPS) is 14.9. The molecule has 180 valence electrons. The van der Waals surface area contributed by atoms with Crippen molar-refractivity contribution in [2.45, 2.75) is 6.42 Å². The number of methoxy groups -OCH3 is 3. The van der Waals surface area contributed by atoms with Gasteiger partial charge in [0.2, 0.25) is 5.91 Å². The molecule has 2 N–H and O–H groups in total. The molecule has 1 saturated heterocycles. The van der Waals surface area contributed by atoms with Gasteiger partial charge in [-0.05, 0) is 42.5 Å². The summed E-state index contributed by atoms with van der Waals surface area (Å²) in [5.41, 5.74) is 3.23. The van der Waals surface area contributed by atoms with Crippen LogP contribution in [0, 0.1) is 5.92 Å². The van der Waals surface area contributed by atoms with Gasteiger partial charge in [-0.3, -0.25) is 29.6 Å². The fraction of sp³-hybridized carbons (Fsp3) is 0.304. The van der Waals surface area contributed by atoms with Gasteiger partial charge in [-0.15, -0.1) is 0 Å². The van der Waals surface area contributed by atoms with E-state index < -0.39 is 36.2 Å². The average molecular weight is 471 g/mol. The Morgan fingerprint density at radius 2 is 1.68 bits per heavy atom. The molecule has 1 fully saturated rings. The number of hydrazine groups is 1. The summed E-state index contributed by atoms with van der Waals surface area (Å²) in [5.74, 6) is -1.60. The third-order valence-corrected chi connectivity index (χ3v) is 5.06. The summed E-state index contributed by atoms with van der Waals surface area (Å²) >= 11 is 0. The number of nitrogens with zero attached hydrogens (tertiary/aromatic N) is 1. The number of anilines is 1. The predicted molar refractivity (Wildman–Crippen MR) is 119 cm³/mol. The zero-order valence-corrected chi connectivity index (χ0v) is 19.0. The van der Waals surface area contributed by atoms with Crippen LogP contribution in [0.25, 0.3) is 0 Å². The minimum atomic E-state index is -0.813. The molecule has 0 radical (unpaired) electrons. The molecule has 1 atom stereocenters. The molecular weight excluding hydrogens is 446 g/mol. The van der Waals surface area contributed by atoms with Gasteiger partial charge < -0.3 is 24.3 Å². The Hall–Kier alpha value is -4.28. The molecule has 11 nitrogen and oxygen atoms in total. The van der Waals surface area contributed by atoms with Crippen LogP contribution in [-0.2, 0) is 19.1 Å². The molecule has 1 heterocycles. The van der Waals surface area contributed by atoms with Gasteiger partial charge in [-0.2, -0.15) is 0 Å². The first kappa shape index (κ1) is 24.4. The monoisotopic (exact) mass is 471 g/mol. The zero-order valence-electron chi connectivity index (χ0n) is 19.0. The van der Waals surface area contributed by atoms with Crippen molar-refractivity contribution >= 4 is 29.4 Å². The maximum absolute atomic E-state index is 12.5. The van der Waals surface area contributed by atoms with Crippen LogP contribution in [0.4, 0.5) is 5.69 Å². The predicted octanol–water partition coefficient (Wildman–Crippen LogP) is 1.39. The van der Waals surface area contributed by atoms with Gasteiger partial charge in [0.25, 0.3) is 11.8 Å². The molecule has 0 unspecified atom stereocenters. The van der Waals surface area contributed by atoms with Gasteiger partial charge in [-0.25, -0.2) is 0 Å². The molecule has 0 aliphatic carbocycles. The van der Waals surface area contributed by atoms with E-state index in [0.29, 0.717) is 22.9 Å². The molecule has 0 aromatic heterocycles. The van der Waals surface area contributed by atoms with Crippen LogP contribution in [-0.4, -0.2) is 63.2 Å². The molecule has 3 amide bonds. The minimum absolute atomic E-state index is 0.0726. The van der Waals surface area contributed by atoms with Crippen LogP contribution in [0.5, 0.6) is 17.2 Å². The van der Waals surface area contributed by atoms with Crippen molar-refractivity contribution < 1.29 is 38.1 Å². The SMILES string of the molecule is COc1ccc(NC(=O)COC(=O)[C@H]2CC(=O)N(NC(=O)c3ccc(OC)c(OC)c3)C2)cc1. The van der Waals surface area contributed by atoms with E-state index in [0.717, 1.165) is 5.01 Å². The molecule has 34 heavy (non-hydrogen) atoms. The first-order valence-corrected chi connectivity index (χ1v) is 10.3. The van der Waals surface area contributed by atoms with E-state index in [1.165, 1.54) is 33.5 Å². The lowest BCUT2D eigenvalue weighted by Gasteiger charge is -2.18. The number of esters is 1. The molecule has 0 bridgehead atoms. The lowest BCUT2D eigenvalue weighted by molar-refractivity contribution is -0.151. The number of nitrogens with one attached hydrogen (secondary N) is 2. The molecule has 2 aromatic rings. The smallest absolute Gasteiger partial charge is 0.311 e. The molecular formula is C23H25N3O8. The van der Waals surface area contributed by atoms with E-state index in [2.05, 4.69) is 10.7 Å². The Bertz CT molecular complexity index is 1070. The average Bonchev–Trinajstić information content (AvgIpc) is 3.22. The summed E-state index contributed by atoms with van der Waals surface area (Å²) in [6, 6.07) is 11.2. The van der Waals surface area contributed by atoms with Crippen molar-refractivity contribution in [3.05, 3.63) is 48.0 Å². The number of carbonyl (C=O) groups excluding carboxylic acids is 4. The van der Waals surface area contributed by atoms with Crippen molar-refractivity contribution in [1.82, 2.24) is 10.4 Å². The lowest BCUT2D eigenvalue weighted by Crippen LogP contribution is -2.43. The van der Waals surface area contributed by atoms with E-state index in [4.69, 9.17) is 18.9 Å². The third-order valence-electron chi connectivity index (χ3n) is 5.06. The molecule has 1 aliphatic heterocycles. The summed E-state index contributed by atoms with van der Waals surface area (Å²) in [7, 11) is 4.45. The Morgan fingerprint density at radius 1 is 0.971 bits per heavy atom. The van der Waals surface area contributed by atoms with Gasteiger partial charge >= 0.3 is 5.97 Å². The summed E-state index contributed by atoms with van der Waals surface area (Å²) in [6.07, 6.45) is -0.148. The van der Waals surface area contributed by atoms with Gasteiger partial charge in [0.1, 0.15) is 5.75 Å². The lowest BCUT2D eigenvalue weighted by atomic mass is 10.1. The highest BCUT2D eigenvalue weighted by Gasteiger charge is 2.36. The van der Waals surface area contributed by atoms with Crippen molar-refractivity contribution in [3.63, 3.8) is 0 Å². The Labute approximate surface area is 195 Å². The topological polar surface area (TPSA) is 132 Å². The number of carbonyl (C=O) groups is 4. The summed E-state index contributed by atoms with van der Waals surface area (Å²) < 4.78 is 20.4. The second kappa shape index (κ2) is 11.0. The van der Waals surface area contributed by atoms with Gasteiger partial charge in [0, 0.05) is 17.7 Å². The number of rotatable bonds is 9. The van der Waals surface area contributed by atoms with Crippen LogP contribution in [0.3, 0.4) is 0 Å². The Kier molecular flexibility index (Phi) is 7.91. The number of benzene rings is 2. The number of ether oxygens (including phenoxy) is 4. The van der Waals surface area contributed by atoms with E-state index in [9.17, 15) is 19.2 Å². The van der Waals surface area contributed by atoms with Gasteiger partial charge in [0.05, 0.1) is 33.8 Å². The van der Waals surface area contributed by atoms with Crippen LogP contribution in [0.1, 0.15) is 16.8 Å². The molecule has 0 saturated carbocycles. The molecule has 2 aromatic carbocycles. The standard InChI is InChI=1S/C23H25N3O8/c1-31-17-7-5-16(6-8-17)24-20(27)13-34-23(30)15-11-21(28)26(12-15)25-22(29)14-4-9-18(32-2)19(10-14)33-3/h4-10,15H,11-13H2,1-3H3,(H,24,27)(H,25,29)/t15-/m0/s1. The van der Waals surface area contributed by atoms with E-state index in [1.54, 1.807) is 30.3 Å². The van der Waals surface area contributed by atoms with Gasteiger partial charge in [-0.1, -0.05) is 0 Å². The molecule has 11 heteroatoms. The summed E-state index contributed by atoms with van der Waals surface area (Å²) in [4.78, 5) is 49.2. The molecule has 1 aliphatic rings. The number of hydrogen-bond donors (Lipinski definition) is 2. The van der Waals surface area contributed by atoms with Crippen molar-refractivity contribution in [3.8, 4) is 17.2 Å². The number of amides is 3. The van der Waals surface area contributed by atoms with E-state index in [1.807, 2.05) is 0 Å². The van der Waals surface area contributed by atoms with Crippen molar-refractivity contribution in [2.24, 2.45) is 5.92 Å². The molecule has 3 rings (SSSR count). The maximum atomic E-state index is 12.5. The van der Waals surface area contributed by atoms with Crippen LogP contribution in [0.15, 0.2) is 42.5 Å². The van der Waals surface area contributed by atoms with Crippen LogP contribution >= 0.6 is 0 Å². The second-order valence-electron chi connectivity index (χ2n) is 7.30. The van der Waals surface area contributed by atoms with E-state index in [-0.39, 0.29) is 18.5 Å². The van der Waals surface area contributed by atoms with Crippen molar-refractivity contribution in [2.75, 3.05) is 39.8 Å². The first-order chi connectivity index (χ1) is 16.3. The fourth-order valence-corrected chi connectivity index (χ4v) is 3.26.